The minimum absolute atomic E-state index is 0.0703. The molecule has 232 valence electrons. The largest absolute Gasteiger partial charge is 0.417 e. The number of sulfonamides is 1. The van der Waals surface area contributed by atoms with Gasteiger partial charge in [0.15, 0.2) is 0 Å². The molecule has 10 nitrogen and oxygen atoms in total. The molecule has 0 radical (unpaired) electrons. The molecular weight excluding hydrogens is 593 g/mol. The third-order valence-electron chi connectivity index (χ3n) is 7.70. The maximum Gasteiger partial charge on any atom is 0.417 e. The first-order valence-corrected chi connectivity index (χ1v) is 16.9. The Bertz CT molecular complexity index is 1380. The number of alkyl halides is 3. The van der Waals surface area contributed by atoms with Crippen molar-refractivity contribution in [2.75, 3.05) is 71.0 Å². The summed E-state index contributed by atoms with van der Waals surface area (Å²) < 4.78 is 75.2. The summed E-state index contributed by atoms with van der Waals surface area (Å²) >= 11 is 1.14. The number of hydrogen-bond acceptors (Lipinski definition) is 9. The fraction of sp³-hybridized carbons (Fsp3) is 0.630. The molecule has 1 aromatic carbocycles. The van der Waals surface area contributed by atoms with Crippen molar-refractivity contribution < 1.29 is 31.4 Å². The summed E-state index contributed by atoms with van der Waals surface area (Å²) in [6.07, 6.45) is -1.05. The third-order valence-corrected chi connectivity index (χ3v) is 9.98. The number of morpholine rings is 1. The number of β-amino-alcohol motifs (C(OH)–C–C–N with tert-alkyl or cyclic N) is 1. The van der Waals surface area contributed by atoms with Crippen LogP contribution in [0.4, 0.5) is 13.2 Å². The standard InChI is InChI=1S/C27H37F3N6O4S2/c1-42(38,39)35-8-5-24-22(18-35)26(32-36(24)17-21(37)16-33-9-12-40-13-10-33)20-3-4-23(27(28,29)30)25(15-20)41-14-11-34-7-2-6-31-19-34/h3-4,15,19,21,37H,2,5-14,16-18H2,1H3/t21-/m0/s1. The average molecular weight is 631 g/mol. The predicted octanol–water partition coefficient (Wildman–Crippen LogP) is 2.41. The van der Waals surface area contributed by atoms with Crippen LogP contribution < -0.4 is 0 Å². The zero-order valence-corrected chi connectivity index (χ0v) is 25.2. The Morgan fingerprint density at radius 2 is 1.93 bits per heavy atom. The zero-order valence-electron chi connectivity index (χ0n) is 23.6. The van der Waals surface area contributed by atoms with Gasteiger partial charge in [-0.3, -0.25) is 14.6 Å². The third kappa shape index (κ3) is 7.66. The van der Waals surface area contributed by atoms with Gasteiger partial charge in [-0.25, -0.2) is 8.42 Å². The van der Waals surface area contributed by atoms with Gasteiger partial charge in [-0.2, -0.15) is 22.6 Å². The van der Waals surface area contributed by atoms with Gasteiger partial charge in [0.25, 0.3) is 0 Å². The molecule has 15 heteroatoms. The number of rotatable bonds is 10. The van der Waals surface area contributed by atoms with Gasteiger partial charge < -0.3 is 14.7 Å². The van der Waals surface area contributed by atoms with E-state index in [1.54, 1.807) is 11.0 Å². The lowest BCUT2D eigenvalue weighted by molar-refractivity contribution is -0.139. The van der Waals surface area contributed by atoms with Crippen molar-refractivity contribution in [2.45, 2.75) is 43.1 Å². The normalized spacial score (nSPS) is 19.7. The summed E-state index contributed by atoms with van der Waals surface area (Å²) in [5.41, 5.74) is 1.67. The Labute approximate surface area is 248 Å². The van der Waals surface area contributed by atoms with E-state index in [1.165, 1.54) is 16.4 Å². The zero-order chi connectivity index (χ0) is 29.9. The number of aliphatic hydroxyl groups excluding tert-OH is 1. The second-order valence-electron chi connectivity index (χ2n) is 10.8. The van der Waals surface area contributed by atoms with Crippen LogP contribution in [0, 0.1) is 0 Å². The number of aromatic nitrogens is 2. The summed E-state index contributed by atoms with van der Waals surface area (Å²) in [4.78, 5) is 8.46. The Kier molecular flexibility index (Phi) is 9.84. The minimum atomic E-state index is -4.52. The predicted molar refractivity (Wildman–Crippen MR) is 155 cm³/mol. The summed E-state index contributed by atoms with van der Waals surface area (Å²) in [5, 5.41) is 15.7. The number of aliphatic imine (C=N–C) groups is 1. The van der Waals surface area contributed by atoms with E-state index in [0.717, 1.165) is 62.4 Å². The van der Waals surface area contributed by atoms with Gasteiger partial charge >= 0.3 is 6.18 Å². The maximum atomic E-state index is 14.0. The number of nitrogens with zero attached hydrogens (tertiary/aromatic N) is 6. The van der Waals surface area contributed by atoms with Gasteiger partial charge in [-0.1, -0.05) is 6.07 Å². The molecule has 2 aromatic rings. The summed E-state index contributed by atoms with van der Waals surface area (Å²) in [6, 6.07) is 3.99. The second kappa shape index (κ2) is 13.2. The van der Waals surface area contributed by atoms with Crippen LogP contribution in [0.1, 0.15) is 23.2 Å². The van der Waals surface area contributed by atoms with Crippen molar-refractivity contribution in [3.8, 4) is 11.3 Å². The molecule has 5 rings (SSSR count). The van der Waals surface area contributed by atoms with Crippen LogP contribution in [0.3, 0.4) is 0 Å². The first-order chi connectivity index (χ1) is 20.0. The lowest BCUT2D eigenvalue weighted by atomic mass is 10.0. The van der Waals surface area contributed by atoms with Crippen LogP contribution in [0.15, 0.2) is 28.1 Å². The van der Waals surface area contributed by atoms with Crippen LogP contribution >= 0.6 is 11.8 Å². The lowest BCUT2D eigenvalue weighted by Crippen LogP contribution is -2.42. The highest BCUT2D eigenvalue weighted by atomic mass is 32.2. The Balaban J connectivity index is 1.44. The van der Waals surface area contributed by atoms with Gasteiger partial charge in [0.1, 0.15) is 0 Å². The van der Waals surface area contributed by atoms with E-state index in [1.807, 2.05) is 4.90 Å². The van der Waals surface area contributed by atoms with Crippen LogP contribution in [-0.2, 0) is 40.4 Å². The number of aliphatic hydroxyl groups is 1. The van der Waals surface area contributed by atoms with Gasteiger partial charge in [0, 0.05) is 86.2 Å². The quantitative estimate of drug-likeness (QED) is 0.400. The monoisotopic (exact) mass is 630 g/mol. The molecule has 0 spiro atoms. The molecule has 0 unspecified atom stereocenters. The van der Waals surface area contributed by atoms with Crippen LogP contribution in [0.25, 0.3) is 11.3 Å². The molecule has 1 fully saturated rings. The minimum Gasteiger partial charge on any atom is -0.390 e. The fourth-order valence-corrected chi connectivity index (χ4v) is 7.41. The Hall–Kier alpha value is -2.17. The molecule has 3 aliphatic rings. The Morgan fingerprint density at radius 3 is 2.62 bits per heavy atom. The van der Waals surface area contributed by atoms with E-state index >= 15 is 0 Å². The number of ether oxygens (including phenoxy) is 1. The van der Waals surface area contributed by atoms with Crippen LogP contribution in [-0.4, -0.2) is 121 Å². The molecule has 4 heterocycles. The Morgan fingerprint density at radius 1 is 1.14 bits per heavy atom. The highest BCUT2D eigenvalue weighted by Crippen LogP contribution is 2.40. The van der Waals surface area contributed by atoms with Crippen molar-refractivity contribution in [2.24, 2.45) is 4.99 Å². The molecular formula is C27H37F3N6O4S2. The van der Waals surface area contributed by atoms with Crippen molar-refractivity contribution in [1.29, 1.82) is 0 Å². The number of hydrogen-bond donors (Lipinski definition) is 1. The molecule has 1 saturated heterocycles. The lowest BCUT2D eigenvalue weighted by Gasteiger charge is -2.29. The molecule has 0 aliphatic carbocycles. The SMILES string of the molecule is CS(=O)(=O)N1CCc2c(c(-c3ccc(C(F)(F)F)c(SCCN4C=NCCC4)c3)nn2C[C@@H](O)CN2CCOCC2)C1. The van der Waals surface area contributed by atoms with Gasteiger partial charge in [0.05, 0.1) is 49.7 Å². The van der Waals surface area contributed by atoms with Crippen molar-refractivity contribution in [1.82, 2.24) is 23.9 Å². The highest BCUT2D eigenvalue weighted by molar-refractivity contribution is 7.99. The van der Waals surface area contributed by atoms with E-state index in [4.69, 9.17) is 9.84 Å². The molecule has 0 amide bonds. The summed E-state index contributed by atoms with van der Waals surface area (Å²) in [5.74, 6) is 0.445. The molecule has 3 aliphatic heterocycles. The van der Waals surface area contributed by atoms with Gasteiger partial charge in [0.2, 0.25) is 10.0 Å². The smallest absolute Gasteiger partial charge is 0.390 e. The van der Waals surface area contributed by atoms with Crippen molar-refractivity contribution in [3.63, 3.8) is 0 Å². The maximum absolute atomic E-state index is 14.0. The number of thioether (sulfide) groups is 1. The van der Waals surface area contributed by atoms with Crippen LogP contribution in [0.5, 0.6) is 0 Å². The van der Waals surface area contributed by atoms with E-state index in [0.29, 0.717) is 55.3 Å². The number of benzene rings is 1. The molecule has 1 N–H and O–H groups in total. The number of halogens is 3. The van der Waals surface area contributed by atoms with E-state index in [-0.39, 0.29) is 24.5 Å². The molecule has 1 aromatic heterocycles. The first kappa shape index (κ1) is 31.3. The summed E-state index contributed by atoms with van der Waals surface area (Å²) in [6.45, 7) is 5.79. The van der Waals surface area contributed by atoms with Crippen molar-refractivity contribution in [3.05, 3.63) is 35.0 Å². The molecule has 0 bridgehead atoms. The van der Waals surface area contributed by atoms with Gasteiger partial charge in [-0.05, 0) is 18.6 Å². The van der Waals surface area contributed by atoms with Crippen LogP contribution in [0.2, 0.25) is 0 Å². The first-order valence-electron chi connectivity index (χ1n) is 14.1. The fourth-order valence-electron chi connectivity index (χ4n) is 5.53. The van der Waals surface area contributed by atoms with E-state index in [9.17, 15) is 26.7 Å². The number of fused-ring (bicyclic) bond motifs is 1. The average Bonchev–Trinajstić information content (AvgIpc) is 3.30. The molecule has 42 heavy (non-hydrogen) atoms. The second-order valence-corrected chi connectivity index (χ2v) is 14.0. The van der Waals surface area contributed by atoms with Gasteiger partial charge in [-0.15, -0.1) is 11.8 Å². The molecule has 0 saturated carbocycles. The topological polar surface area (TPSA) is 104 Å². The van der Waals surface area contributed by atoms with Crippen molar-refractivity contribution >= 4 is 28.1 Å². The summed E-state index contributed by atoms with van der Waals surface area (Å²) in [7, 11) is -3.50. The highest BCUT2D eigenvalue weighted by Gasteiger charge is 2.35. The van der Waals surface area contributed by atoms with E-state index < -0.39 is 27.9 Å². The van der Waals surface area contributed by atoms with E-state index in [2.05, 4.69) is 9.89 Å². The molecule has 1 atom stereocenters.